The Morgan fingerprint density at radius 2 is 1.48 bits per heavy atom. The summed E-state index contributed by atoms with van der Waals surface area (Å²) in [4.78, 5) is 37.1. The fourth-order valence-corrected chi connectivity index (χ4v) is 4.11. The number of carbonyl (C=O) groups is 3. The summed E-state index contributed by atoms with van der Waals surface area (Å²) in [6.45, 7) is 3.12. The van der Waals surface area contributed by atoms with Gasteiger partial charge < -0.3 is 29.0 Å². The summed E-state index contributed by atoms with van der Waals surface area (Å²) in [6, 6.07) is 18.9. The molecule has 0 fully saturated rings. The molecular formula is C30H34N2O8. The van der Waals surface area contributed by atoms with Crippen molar-refractivity contribution in [1.82, 2.24) is 5.32 Å². The van der Waals surface area contributed by atoms with E-state index in [-0.39, 0.29) is 24.6 Å². The number of methoxy groups -OCH3 is 3. The minimum Gasteiger partial charge on any atom is -0.493 e. The molecule has 0 aliphatic heterocycles. The van der Waals surface area contributed by atoms with Gasteiger partial charge in [-0.2, -0.15) is 0 Å². The lowest BCUT2D eigenvalue weighted by molar-refractivity contribution is -0.134. The number of anilines is 1. The fourth-order valence-electron chi connectivity index (χ4n) is 4.11. The molecular weight excluding hydrogens is 516 g/mol. The lowest BCUT2D eigenvalue weighted by atomic mass is 9.88. The van der Waals surface area contributed by atoms with Crippen molar-refractivity contribution in [3.8, 4) is 23.0 Å². The molecule has 3 aromatic carbocycles. The number of nitrogens with one attached hydrogen (secondary N) is 2. The molecule has 2 N–H and O–H groups in total. The van der Waals surface area contributed by atoms with Gasteiger partial charge in [0.25, 0.3) is 0 Å². The minimum atomic E-state index is -0.883. The van der Waals surface area contributed by atoms with E-state index in [9.17, 15) is 14.4 Å². The maximum atomic E-state index is 13.1. The fraction of sp³-hybridized carbons (Fsp3) is 0.300. The van der Waals surface area contributed by atoms with E-state index in [1.54, 1.807) is 24.3 Å². The van der Waals surface area contributed by atoms with Crippen LogP contribution in [0.3, 0.4) is 0 Å². The molecule has 40 heavy (non-hydrogen) atoms. The van der Waals surface area contributed by atoms with Crippen LogP contribution in [-0.2, 0) is 19.9 Å². The van der Waals surface area contributed by atoms with Gasteiger partial charge >= 0.3 is 11.9 Å². The van der Waals surface area contributed by atoms with Crippen molar-refractivity contribution in [2.24, 2.45) is 0 Å². The van der Waals surface area contributed by atoms with Gasteiger partial charge in [0.1, 0.15) is 12.4 Å². The Morgan fingerprint density at radius 3 is 2.00 bits per heavy atom. The van der Waals surface area contributed by atoms with Crippen molar-refractivity contribution in [1.29, 1.82) is 0 Å². The van der Waals surface area contributed by atoms with Crippen LogP contribution in [-0.4, -0.2) is 52.3 Å². The highest BCUT2D eigenvalue weighted by Gasteiger charge is 2.33. The van der Waals surface area contributed by atoms with E-state index < -0.39 is 17.5 Å². The Kier molecular flexibility index (Phi) is 10.5. The molecule has 1 atom stereocenters. The largest absolute Gasteiger partial charge is 0.493 e. The summed E-state index contributed by atoms with van der Waals surface area (Å²) in [5.41, 5.74) is 0.761. The van der Waals surface area contributed by atoms with Crippen LogP contribution in [0.4, 0.5) is 5.69 Å². The Balaban J connectivity index is 1.76. The monoisotopic (exact) mass is 550 g/mol. The van der Waals surface area contributed by atoms with Gasteiger partial charge in [-0.3, -0.25) is 14.9 Å². The zero-order chi connectivity index (χ0) is 29.1. The quantitative estimate of drug-likeness (QED) is 0.237. The van der Waals surface area contributed by atoms with Crippen molar-refractivity contribution < 1.29 is 38.1 Å². The first-order valence-electron chi connectivity index (χ1n) is 12.6. The Bertz CT molecular complexity index is 1290. The number of hydrogen-bond donors (Lipinski definition) is 2. The average molecular weight is 551 g/mol. The topological polar surface area (TPSA) is 121 Å². The van der Waals surface area contributed by atoms with Gasteiger partial charge in [0, 0.05) is 12.6 Å². The van der Waals surface area contributed by atoms with E-state index in [0.717, 1.165) is 5.56 Å². The predicted molar refractivity (Wildman–Crippen MR) is 149 cm³/mol. The molecule has 212 valence electrons. The number of ether oxygens (including phenoxy) is 5. The van der Waals surface area contributed by atoms with Crippen molar-refractivity contribution in [3.05, 3.63) is 77.9 Å². The number of esters is 2. The molecule has 0 spiro atoms. The van der Waals surface area contributed by atoms with Crippen LogP contribution in [0.15, 0.2) is 66.7 Å². The van der Waals surface area contributed by atoms with E-state index in [1.807, 2.05) is 37.3 Å². The molecule has 0 aliphatic carbocycles. The van der Waals surface area contributed by atoms with E-state index in [2.05, 4.69) is 10.6 Å². The molecule has 0 aromatic heterocycles. The Labute approximate surface area is 233 Å². The molecule has 0 heterocycles. The first-order chi connectivity index (χ1) is 19.2. The third-order valence-electron chi connectivity index (χ3n) is 6.26. The van der Waals surface area contributed by atoms with E-state index in [1.165, 1.54) is 40.4 Å². The third kappa shape index (κ3) is 7.51. The van der Waals surface area contributed by atoms with E-state index in [4.69, 9.17) is 23.7 Å². The number of amides is 1. The highest BCUT2D eigenvalue weighted by molar-refractivity contribution is 5.91. The molecule has 10 heteroatoms. The molecule has 0 saturated heterocycles. The highest BCUT2D eigenvalue weighted by Crippen LogP contribution is 2.38. The van der Waals surface area contributed by atoms with Gasteiger partial charge in [0.05, 0.1) is 39.0 Å². The Morgan fingerprint density at radius 1 is 0.850 bits per heavy atom. The van der Waals surface area contributed by atoms with Gasteiger partial charge in [0.15, 0.2) is 11.5 Å². The predicted octanol–water partition coefficient (Wildman–Crippen LogP) is 4.33. The second-order valence-corrected chi connectivity index (χ2v) is 8.83. The lowest BCUT2D eigenvalue weighted by Crippen LogP contribution is -2.49. The molecule has 3 aromatic rings. The van der Waals surface area contributed by atoms with Gasteiger partial charge in [-0.25, -0.2) is 4.79 Å². The van der Waals surface area contributed by atoms with E-state index in [0.29, 0.717) is 35.1 Å². The summed E-state index contributed by atoms with van der Waals surface area (Å²) < 4.78 is 27.2. The summed E-state index contributed by atoms with van der Waals surface area (Å²) >= 11 is 0. The lowest BCUT2D eigenvalue weighted by Gasteiger charge is -2.34. The normalized spacial score (nSPS) is 12.0. The Hall–Kier alpha value is -4.57. The van der Waals surface area contributed by atoms with Crippen molar-refractivity contribution in [3.63, 3.8) is 0 Å². The van der Waals surface area contributed by atoms with Crippen LogP contribution in [0.1, 0.15) is 36.2 Å². The molecule has 0 bridgehead atoms. The van der Waals surface area contributed by atoms with Gasteiger partial charge in [-0.15, -0.1) is 0 Å². The van der Waals surface area contributed by atoms with Crippen LogP contribution < -0.4 is 29.6 Å². The van der Waals surface area contributed by atoms with Gasteiger partial charge in [-0.05, 0) is 48.4 Å². The molecule has 0 aliphatic rings. The van der Waals surface area contributed by atoms with Crippen LogP contribution in [0.25, 0.3) is 0 Å². The summed E-state index contributed by atoms with van der Waals surface area (Å²) in [5, 5.41) is 5.90. The maximum Gasteiger partial charge on any atom is 0.338 e. The molecule has 10 nitrogen and oxygen atoms in total. The van der Waals surface area contributed by atoms with Crippen molar-refractivity contribution >= 4 is 23.5 Å². The zero-order valence-corrected chi connectivity index (χ0v) is 23.2. The number of hydrogen-bond acceptors (Lipinski definition) is 9. The zero-order valence-electron chi connectivity index (χ0n) is 23.2. The van der Waals surface area contributed by atoms with Gasteiger partial charge in [0.2, 0.25) is 11.7 Å². The van der Waals surface area contributed by atoms with Crippen LogP contribution in [0, 0.1) is 0 Å². The number of rotatable bonds is 13. The van der Waals surface area contributed by atoms with Crippen LogP contribution in [0.5, 0.6) is 23.0 Å². The molecule has 0 radical (unpaired) electrons. The SMILES string of the molecule is CCC(COC(=O)c1cc(OC)c(OC)c(OC)c1)(NCC(=O)Oc1ccc(NC(C)=O)cc1)c1ccccc1. The number of benzene rings is 3. The second-order valence-electron chi connectivity index (χ2n) is 8.83. The van der Waals surface area contributed by atoms with Crippen molar-refractivity contribution in [2.45, 2.75) is 25.8 Å². The number of carbonyl (C=O) groups excluding carboxylic acids is 3. The first-order valence-corrected chi connectivity index (χ1v) is 12.6. The molecule has 0 saturated carbocycles. The standard InChI is InChI=1S/C30H34N2O8/c1-6-30(22-10-8-7-9-11-22,31-18-27(34)40-24-14-12-23(13-15-24)32-20(2)33)19-39-29(35)21-16-25(36-3)28(38-5)26(17-21)37-4/h7-17,31H,6,18-19H2,1-5H3,(H,32,33). The maximum absolute atomic E-state index is 13.1. The molecule has 1 amide bonds. The van der Waals surface area contributed by atoms with Crippen LogP contribution >= 0.6 is 0 Å². The second kappa shape index (κ2) is 14.0. The molecule has 3 rings (SSSR count). The summed E-state index contributed by atoms with van der Waals surface area (Å²) in [6.07, 6.45) is 0.498. The minimum absolute atomic E-state index is 0.0678. The smallest absolute Gasteiger partial charge is 0.338 e. The van der Waals surface area contributed by atoms with Gasteiger partial charge in [-0.1, -0.05) is 37.3 Å². The first kappa shape index (κ1) is 30.0. The average Bonchev–Trinajstić information content (AvgIpc) is 2.97. The van der Waals surface area contributed by atoms with Crippen molar-refractivity contribution in [2.75, 3.05) is 39.8 Å². The van der Waals surface area contributed by atoms with Crippen LogP contribution in [0.2, 0.25) is 0 Å². The summed E-state index contributed by atoms with van der Waals surface area (Å²) in [7, 11) is 4.40. The third-order valence-corrected chi connectivity index (χ3v) is 6.26. The highest BCUT2D eigenvalue weighted by atomic mass is 16.5. The summed E-state index contributed by atoms with van der Waals surface area (Å²) in [5.74, 6) is 0.00904. The molecule has 1 unspecified atom stereocenters. The van der Waals surface area contributed by atoms with E-state index >= 15 is 0 Å².